The topological polar surface area (TPSA) is 101 Å². The summed E-state index contributed by atoms with van der Waals surface area (Å²) >= 11 is 0. The first-order valence-electron chi connectivity index (χ1n) is 11.4. The summed E-state index contributed by atoms with van der Waals surface area (Å²) in [5.41, 5.74) is 4.64. The Bertz CT molecular complexity index is 1170. The van der Waals surface area contributed by atoms with E-state index in [9.17, 15) is 14.7 Å². The van der Waals surface area contributed by atoms with Gasteiger partial charge in [-0.1, -0.05) is 42.7 Å². The van der Waals surface area contributed by atoms with Crippen LogP contribution in [0.3, 0.4) is 0 Å². The monoisotopic (exact) mass is 459 g/mol. The molecule has 3 N–H and O–H groups in total. The molecule has 1 aromatic heterocycles. The van der Waals surface area contributed by atoms with Crippen molar-refractivity contribution in [2.75, 3.05) is 17.2 Å². The quantitative estimate of drug-likeness (QED) is 0.400. The van der Waals surface area contributed by atoms with Gasteiger partial charge in [0.2, 0.25) is 5.88 Å². The van der Waals surface area contributed by atoms with Crippen LogP contribution in [-0.4, -0.2) is 28.7 Å². The van der Waals surface area contributed by atoms with Gasteiger partial charge in [-0.05, 0) is 62.1 Å². The highest BCUT2D eigenvalue weighted by atomic mass is 16.5. The molecule has 0 saturated heterocycles. The van der Waals surface area contributed by atoms with Gasteiger partial charge in [0.05, 0.1) is 0 Å². The second-order valence-corrected chi connectivity index (χ2v) is 8.94. The van der Waals surface area contributed by atoms with Crippen LogP contribution in [0.15, 0.2) is 60.8 Å². The minimum atomic E-state index is -0.798. The number of hydrogen-bond donors (Lipinski definition) is 3. The Morgan fingerprint density at radius 2 is 1.68 bits per heavy atom. The van der Waals surface area contributed by atoms with Crippen LogP contribution in [0, 0.1) is 19.3 Å². The first kappa shape index (κ1) is 23.3. The van der Waals surface area contributed by atoms with Crippen molar-refractivity contribution in [3.63, 3.8) is 0 Å². The largest absolute Gasteiger partial charge is 0.481 e. The molecule has 1 aliphatic carbocycles. The molecule has 1 aliphatic rings. The van der Waals surface area contributed by atoms with Crippen molar-refractivity contribution < 1.29 is 19.4 Å². The van der Waals surface area contributed by atoms with Crippen LogP contribution >= 0.6 is 0 Å². The van der Waals surface area contributed by atoms with E-state index in [2.05, 4.69) is 15.6 Å². The fraction of sp³-hybridized carbons (Fsp3) is 0.296. The van der Waals surface area contributed by atoms with E-state index in [0.717, 1.165) is 40.8 Å². The molecule has 1 fully saturated rings. The van der Waals surface area contributed by atoms with Crippen molar-refractivity contribution >= 4 is 23.4 Å². The van der Waals surface area contributed by atoms with Crippen molar-refractivity contribution in [2.45, 2.75) is 39.5 Å². The zero-order valence-electron chi connectivity index (χ0n) is 19.4. The fourth-order valence-electron chi connectivity index (χ4n) is 4.30. The number of hydrogen-bond acceptors (Lipinski definition) is 4. The van der Waals surface area contributed by atoms with Gasteiger partial charge >= 0.3 is 12.0 Å². The number of anilines is 2. The first-order chi connectivity index (χ1) is 16.3. The van der Waals surface area contributed by atoms with Crippen LogP contribution < -0.4 is 15.4 Å². The summed E-state index contributed by atoms with van der Waals surface area (Å²) < 4.78 is 5.73. The van der Waals surface area contributed by atoms with E-state index in [1.807, 2.05) is 62.4 Å². The number of rotatable bonds is 7. The molecule has 176 valence electrons. The Morgan fingerprint density at radius 3 is 2.29 bits per heavy atom. The van der Waals surface area contributed by atoms with E-state index in [1.165, 1.54) is 0 Å². The van der Waals surface area contributed by atoms with Crippen molar-refractivity contribution in [3.05, 3.63) is 71.9 Å². The molecule has 0 aliphatic heterocycles. The molecule has 1 saturated carbocycles. The van der Waals surface area contributed by atoms with Crippen LogP contribution in [0.25, 0.3) is 11.1 Å². The smallest absolute Gasteiger partial charge is 0.323 e. The SMILES string of the molecule is Cc1ccc(NC(=O)Nc2ccc(-c3ccc(OCC4(C(=O)O)CCCC4)nc3)cc2)c(C)c1. The molecule has 1 heterocycles. The van der Waals surface area contributed by atoms with Gasteiger partial charge in [0.25, 0.3) is 0 Å². The molecular formula is C27H29N3O4. The number of carboxylic acid groups (broad SMARTS) is 1. The normalized spacial score (nSPS) is 14.4. The van der Waals surface area contributed by atoms with Gasteiger partial charge in [0, 0.05) is 29.2 Å². The summed E-state index contributed by atoms with van der Waals surface area (Å²) in [6.07, 6.45) is 4.82. The molecule has 7 nitrogen and oxygen atoms in total. The second kappa shape index (κ2) is 9.95. The standard InChI is InChI=1S/C27H29N3O4/c1-18-5-11-23(19(2)15-18)30-26(33)29-22-9-6-20(7-10-22)21-8-12-24(28-16-21)34-17-27(25(31)32)13-3-4-14-27/h5-12,15-16H,3-4,13-14,17H2,1-2H3,(H,31,32)(H2,29,30,33). The molecule has 4 rings (SSSR count). The number of amides is 2. The molecule has 2 aromatic carbocycles. The van der Waals surface area contributed by atoms with Gasteiger partial charge in [0.15, 0.2) is 0 Å². The lowest BCUT2D eigenvalue weighted by Crippen LogP contribution is -2.34. The summed E-state index contributed by atoms with van der Waals surface area (Å²) in [5, 5.41) is 15.3. The predicted octanol–water partition coefficient (Wildman–Crippen LogP) is 6.03. The number of aryl methyl sites for hydroxylation is 2. The van der Waals surface area contributed by atoms with Gasteiger partial charge in [-0.2, -0.15) is 0 Å². The lowest BCUT2D eigenvalue weighted by atomic mass is 9.87. The van der Waals surface area contributed by atoms with Gasteiger partial charge in [-0.15, -0.1) is 0 Å². The van der Waals surface area contributed by atoms with Crippen LogP contribution in [0.1, 0.15) is 36.8 Å². The van der Waals surface area contributed by atoms with E-state index in [4.69, 9.17) is 4.74 Å². The van der Waals surface area contributed by atoms with Crippen molar-refractivity contribution in [2.24, 2.45) is 5.41 Å². The minimum Gasteiger partial charge on any atom is -0.481 e. The van der Waals surface area contributed by atoms with E-state index in [1.54, 1.807) is 12.3 Å². The lowest BCUT2D eigenvalue weighted by molar-refractivity contribution is -0.150. The number of aliphatic carboxylic acids is 1. The second-order valence-electron chi connectivity index (χ2n) is 8.94. The number of pyridine rings is 1. The third-order valence-electron chi connectivity index (χ3n) is 6.35. The average Bonchev–Trinajstić information content (AvgIpc) is 3.31. The number of nitrogens with zero attached hydrogens (tertiary/aromatic N) is 1. The number of ether oxygens (including phenoxy) is 1. The number of carbonyl (C=O) groups excluding carboxylic acids is 1. The molecule has 3 aromatic rings. The van der Waals surface area contributed by atoms with Gasteiger partial charge in [-0.3, -0.25) is 4.79 Å². The Kier molecular flexibility index (Phi) is 6.82. The van der Waals surface area contributed by atoms with E-state index >= 15 is 0 Å². The van der Waals surface area contributed by atoms with Crippen LogP contribution in [0.2, 0.25) is 0 Å². The molecule has 0 radical (unpaired) electrons. The molecule has 0 spiro atoms. The number of urea groups is 1. The number of carboxylic acids is 1. The third kappa shape index (κ3) is 5.36. The maximum absolute atomic E-state index is 12.4. The Labute approximate surface area is 199 Å². The molecule has 34 heavy (non-hydrogen) atoms. The zero-order valence-corrected chi connectivity index (χ0v) is 19.4. The Balaban J connectivity index is 1.34. The summed E-state index contributed by atoms with van der Waals surface area (Å²) in [6, 6.07) is 16.7. The lowest BCUT2D eigenvalue weighted by Gasteiger charge is -2.23. The molecule has 0 atom stereocenters. The highest BCUT2D eigenvalue weighted by Gasteiger charge is 2.42. The number of aromatic nitrogens is 1. The van der Waals surface area contributed by atoms with Gasteiger partial charge < -0.3 is 20.5 Å². The van der Waals surface area contributed by atoms with E-state index in [0.29, 0.717) is 24.4 Å². The summed E-state index contributed by atoms with van der Waals surface area (Å²) in [5.74, 6) is -0.379. The van der Waals surface area contributed by atoms with Gasteiger partial charge in [-0.25, -0.2) is 9.78 Å². The summed E-state index contributed by atoms with van der Waals surface area (Å²) in [4.78, 5) is 28.4. The maximum Gasteiger partial charge on any atom is 0.323 e. The molecule has 7 heteroatoms. The number of benzene rings is 2. The Hall–Kier alpha value is -3.87. The molecule has 0 unspecified atom stereocenters. The average molecular weight is 460 g/mol. The highest BCUT2D eigenvalue weighted by molar-refractivity contribution is 6.00. The third-order valence-corrected chi connectivity index (χ3v) is 6.35. The highest BCUT2D eigenvalue weighted by Crippen LogP contribution is 2.38. The van der Waals surface area contributed by atoms with Crippen molar-refractivity contribution in [3.8, 4) is 17.0 Å². The first-order valence-corrected chi connectivity index (χ1v) is 11.4. The number of nitrogens with one attached hydrogen (secondary N) is 2. The maximum atomic E-state index is 12.4. The minimum absolute atomic E-state index is 0.138. The van der Waals surface area contributed by atoms with E-state index < -0.39 is 11.4 Å². The molecule has 0 bridgehead atoms. The van der Waals surface area contributed by atoms with Crippen molar-refractivity contribution in [1.82, 2.24) is 4.98 Å². The predicted molar refractivity (Wildman–Crippen MR) is 132 cm³/mol. The fourth-order valence-corrected chi connectivity index (χ4v) is 4.30. The van der Waals surface area contributed by atoms with Crippen LogP contribution in [0.4, 0.5) is 16.2 Å². The van der Waals surface area contributed by atoms with Crippen LogP contribution in [-0.2, 0) is 4.79 Å². The van der Waals surface area contributed by atoms with Gasteiger partial charge in [0.1, 0.15) is 12.0 Å². The molecular weight excluding hydrogens is 430 g/mol. The van der Waals surface area contributed by atoms with Crippen LogP contribution in [0.5, 0.6) is 5.88 Å². The Morgan fingerprint density at radius 1 is 0.971 bits per heavy atom. The number of carbonyl (C=O) groups is 2. The van der Waals surface area contributed by atoms with E-state index in [-0.39, 0.29) is 12.6 Å². The zero-order chi connectivity index (χ0) is 24.1. The summed E-state index contributed by atoms with van der Waals surface area (Å²) in [7, 11) is 0. The molecule has 2 amide bonds. The summed E-state index contributed by atoms with van der Waals surface area (Å²) in [6.45, 7) is 4.11. The van der Waals surface area contributed by atoms with Crippen molar-refractivity contribution in [1.29, 1.82) is 0 Å².